The molecule has 1 aromatic rings. The lowest BCUT2D eigenvalue weighted by Crippen LogP contribution is -2.45. The van der Waals surface area contributed by atoms with Crippen LogP contribution in [0, 0.1) is 0 Å². The van der Waals surface area contributed by atoms with Crippen LogP contribution in [0.5, 0.6) is 0 Å². The molecule has 8 heteroatoms. The molecule has 2 rings (SSSR count). The van der Waals surface area contributed by atoms with Gasteiger partial charge in [0.2, 0.25) is 0 Å². The standard InChI is InChI=1S/C12H16F3N3O2/c1-2-20-11(19)9-6-10(17-16-9)18(7-12(13,14)15)8-4-3-5-8/h6,8H,2-5,7H2,1H3,(H,16,17). The van der Waals surface area contributed by atoms with E-state index in [1.54, 1.807) is 6.92 Å². The number of aromatic amines is 1. The highest BCUT2D eigenvalue weighted by Gasteiger charge is 2.37. The maximum Gasteiger partial charge on any atom is 0.405 e. The molecule has 0 radical (unpaired) electrons. The Morgan fingerprint density at radius 3 is 2.75 bits per heavy atom. The molecule has 1 fully saturated rings. The van der Waals surface area contributed by atoms with Gasteiger partial charge in [-0.1, -0.05) is 0 Å². The number of nitrogens with zero attached hydrogens (tertiary/aromatic N) is 2. The zero-order chi connectivity index (χ0) is 14.8. The summed E-state index contributed by atoms with van der Waals surface area (Å²) in [6.07, 6.45) is -1.98. The molecule has 1 aliphatic carbocycles. The minimum atomic E-state index is -4.31. The van der Waals surface area contributed by atoms with Crippen molar-refractivity contribution in [1.82, 2.24) is 10.2 Å². The van der Waals surface area contributed by atoms with Crippen LogP contribution in [0.4, 0.5) is 19.0 Å². The number of carbonyl (C=O) groups excluding carboxylic acids is 1. The maximum absolute atomic E-state index is 12.6. The fourth-order valence-corrected chi connectivity index (χ4v) is 2.06. The summed E-state index contributed by atoms with van der Waals surface area (Å²) in [5.74, 6) is -0.484. The number of hydrogen-bond donors (Lipinski definition) is 1. The van der Waals surface area contributed by atoms with E-state index in [4.69, 9.17) is 4.74 Å². The number of carbonyl (C=O) groups is 1. The fraction of sp³-hybridized carbons (Fsp3) is 0.667. The summed E-state index contributed by atoms with van der Waals surface area (Å²) < 4.78 is 42.7. The van der Waals surface area contributed by atoms with Crippen LogP contribution in [-0.2, 0) is 4.74 Å². The number of anilines is 1. The van der Waals surface area contributed by atoms with E-state index in [1.165, 1.54) is 11.0 Å². The molecular formula is C12H16F3N3O2. The van der Waals surface area contributed by atoms with Gasteiger partial charge in [0.05, 0.1) is 6.61 Å². The molecule has 0 saturated heterocycles. The molecule has 1 aromatic heterocycles. The van der Waals surface area contributed by atoms with Crippen molar-refractivity contribution in [3.63, 3.8) is 0 Å². The zero-order valence-electron chi connectivity index (χ0n) is 11.0. The van der Waals surface area contributed by atoms with Gasteiger partial charge >= 0.3 is 12.1 Å². The van der Waals surface area contributed by atoms with Gasteiger partial charge in [0.25, 0.3) is 0 Å². The lowest BCUT2D eigenvalue weighted by atomic mass is 9.91. The molecule has 0 unspecified atom stereocenters. The Hall–Kier alpha value is -1.73. The fourth-order valence-electron chi connectivity index (χ4n) is 2.06. The molecule has 1 aliphatic rings. The Morgan fingerprint density at radius 2 is 2.25 bits per heavy atom. The van der Waals surface area contributed by atoms with Gasteiger partial charge in [0.15, 0.2) is 5.82 Å². The number of nitrogens with one attached hydrogen (secondary N) is 1. The smallest absolute Gasteiger partial charge is 0.405 e. The summed E-state index contributed by atoms with van der Waals surface area (Å²) in [7, 11) is 0. The summed E-state index contributed by atoms with van der Waals surface area (Å²) in [5, 5.41) is 6.23. The molecule has 5 nitrogen and oxygen atoms in total. The minimum Gasteiger partial charge on any atom is -0.461 e. The highest BCUT2D eigenvalue weighted by atomic mass is 19.4. The maximum atomic E-state index is 12.6. The van der Waals surface area contributed by atoms with Crippen molar-refractivity contribution in [2.75, 3.05) is 18.1 Å². The van der Waals surface area contributed by atoms with E-state index in [2.05, 4.69) is 10.2 Å². The van der Waals surface area contributed by atoms with Gasteiger partial charge < -0.3 is 9.64 Å². The first kappa shape index (κ1) is 14.7. The van der Waals surface area contributed by atoms with Crippen LogP contribution in [-0.4, -0.2) is 41.5 Å². The minimum absolute atomic E-state index is 0.0633. The van der Waals surface area contributed by atoms with Crippen molar-refractivity contribution in [3.8, 4) is 0 Å². The van der Waals surface area contributed by atoms with Crippen LogP contribution in [0.15, 0.2) is 6.07 Å². The lowest BCUT2D eigenvalue weighted by molar-refractivity contribution is -0.121. The molecule has 1 saturated carbocycles. The first-order chi connectivity index (χ1) is 9.40. The molecule has 1 heterocycles. The number of halogens is 3. The molecule has 0 bridgehead atoms. The molecule has 0 aliphatic heterocycles. The van der Waals surface area contributed by atoms with Crippen molar-refractivity contribution in [3.05, 3.63) is 11.8 Å². The monoisotopic (exact) mass is 291 g/mol. The Morgan fingerprint density at radius 1 is 1.55 bits per heavy atom. The molecule has 0 spiro atoms. The van der Waals surface area contributed by atoms with E-state index in [1.807, 2.05) is 0 Å². The highest BCUT2D eigenvalue weighted by Crippen LogP contribution is 2.31. The van der Waals surface area contributed by atoms with E-state index in [9.17, 15) is 18.0 Å². The van der Waals surface area contributed by atoms with Crippen molar-refractivity contribution in [1.29, 1.82) is 0 Å². The second-order valence-electron chi connectivity index (χ2n) is 4.69. The largest absolute Gasteiger partial charge is 0.461 e. The van der Waals surface area contributed by atoms with Crippen LogP contribution in [0.1, 0.15) is 36.7 Å². The Kier molecular flexibility index (Phi) is 4.20. The third-order valence-corrected chi connectivity index (χ3v) is 3.22. The van der Waals surface area contributed by atoms with Gasteiger partial charge in [-0.3, -0.25) is 5.10 Å². The summed E-state index contributed by atoms with van der Waals surface area (Å²) in [6, 6.07) is 1.14. The van der Waals surface area contributed by atoms with Gasteiger partial charge in [0, 0.05) is 12.1 Å². The summed E-state index contributed by atoms with van der Waals surface area (Å²) in [6.45, 7) is 0.784. The average Bonchev–Trinajstić information content (AvgIpc) is 2.73. The first-order valence-electron chi connectivity index (χ1n) is 6.46. The van der Waals surface area contributed by atoms with Crippen molar-refractivity contribution < 1.29 is 22.7 Å². The number of alkyl halides is 3. The normalized spacial score (nSPS) is 15.8. The Labute approximate surface area is 114 Å². The third-order valence-electron chi connectivity index (χ3n) is 3.22. The quantitative estimate of drug-likeness (QED) is 0.847. The van der Waals surface area contributed by atoms with Crippen molar-refractivity contribution >= 4 is 11.8 Å². The van der Waals surface area contributed by atoms with E-state index in [0.29, 0.717) is 12.8 Å². The van der Waals surface area contributed by atoms with Crippen LogP contribution in [0.25, 0.3) is 0 Å². The summed E-state index contributed by atoms with van der Waals surface area (Å²) in [5.41, 5.74) is 0.0633. The molecule has 0 amide bonds. The predicted octanol–water partition coefficient (Wildman–Crippen LogP) is 2.51. The molecule has 112 valence electrons. The van der Waals surface area contributed by atoms with Crippen molar-refractivity contribution in [2.45, 2.75) is 38.4 Å². The van der Waals surface area contributed by atoms with Crippen LogP contribution in [0.2, 0.25) is 0 Å². The number of H-pyrrole nitrogens is 1. The third kappa shape index (κ3) is 3.43. The molecule has 20 heavy (non-hydrogen) atoms. The van der Waals surface area contributed by atoms with E-state index in [0.717, 1.165) is 6.42 Å². The lowest BCUT2D eigenvalue weighted by Gasteiger charge is -2.38. The van der Waals surface area contributed by atoms with Gasteiger partial charge in [-0.25, -0.2) is 4.79 Å². The second kappa shape index (κ2) is 5.72. The van der Waals surface area contributed by atoms with E-state index < -0.39 is 18.7 Å². The van der Waals surface area contributed by atoms with Crippen LogP contribution >= 0.6 is 0 Å². The predicted molar refractivity (Wildman–Crippen MR) is 65.6 cm³/mol. The number of esters is 1. The first-order valence-corrected chi connectivity index (χ1v) is 6.46. The van der Waals surface area contributed by atoms with Crippen LogP contribution in [0.3, 0.4) is 0 Å². The summed E-state index contributed by atoms with van der Waals surface area (Å²) >= 11 is 0. The highest BCUT2D eigenvalue weighted by molar-refractivity contribution is 5.88. The zero-order valence-corrected chi connectivity index (χ0v) is 11.0. The number of rotatable bonds is 5. The van der Waals surface area contributed by atoms with Gasteiger partial charge in [-0.2, -0.15) is 18.3 Å². The molecule has 0 atom stereocenters. The van der Waals surface area contributed by atoms with Crippen LogP contribution < -0.4 is 4.90 Å². The number of ether oxygens (including phenoxy) is 1. The van der Waals surface area contributed by atoms with E-state index >= 15 is 0 Å². The van der Waals surface area contributed by atoms with Gasteiger partial charge in [0.1, 0.15) is 12.2 Å². The van der Waals surface area contributed by atoms with E-state index in [-0.39, 0.29) is 24.2 Å². The number of aromatic nitrogens is 2. The van der Waals surface area contributed by atoms with Gasteiger partial charge in [-0.15, -0.1) is 0 Å². The average molecular weight is 291 g/mol. The topological polar surface area (TPSA) is 58.2 Å². The number of hydrogen-bond acceptors (Lipinski definition) is 4. The van der Waals surface area contributed by atoms with Crippen molar-refractivity contribution in [2.24, 2.45) is 0 Å². The molecule has 0 aromatic carbocycles. The molecule has 1 N–H and O–H groups in total. The Bertz CT molecular complexity index is 469. The molecular weight excluding hydrogens is 275 g/mol. The second-order valence-corrected chi connectivity index (χ2v) is 4.69. The van der Waals surface area contributed by atoms with Gasteiger partial charge in [-0.05, 0) is 26.2 Å². The SMILES string of the molecule is CCOC(=O)c1cc(N(CC(F)(F)F)C2CCC2)n[nH]1. The Balaban J connectivity index is 2.14. The summed E-state index contributed by atoms with van der Waals surface area (Å²) in [4.78, 5) is 12.7.